The van der Waals surface area contributed by atoms with Gasteiger partial charge in [-0.3, -0.25) is 0 Å². The van der Waals surface area contributed by atoms with E-state index >= 15 is 0 Å². The lowest BCUT2D eigenvalue weighted by molar-refractivity contribution is -0.0365. The molecule has 0 amide bonds. The minimum atomic E-state index is -0.360. The first-order valence-electron chi connectivity index (χ1n) is 7.40. The first kappa shape index (κ1) is 13.1. The molecule has 1 aromatic heterocycles. The van der Waals surface area contributed by atoms with Crippen LogP contribution in [-0.4, -0.2) is 17.3 Å². The van der Waals surface area contributed by atoms with E-state index in [4.69, 9.17) is 15.0 Å². The van der Waals surface area contributed by atoms with E-state index < -0.39 is 0 Å². The molecule has 0 aromatic carbocycles. The molecule has 1 heterocycles. The van der Waals surface area contributed by atoms with Gasteiger partial charge in [0.2, 0.25) is 11.7 Å². The molecule has 1 atom stereocenters. The molecule has 5 nitrogen and oxygen atoms in total. The molecule has 0 aliphatic heterocycles. The minimum Gasteiger partial charge on any atom is -0.370 e. The zero-order valence-electron chi connectivity index (χ0n) is 11.6. The molecule has 0 spiro atoms. The van der Waals surface area contributed by atoms with Crippen LogP contribution in [0.3, 0.4) is 0 Å². The summed E-state index contributed by atoms with van der Waals surface area (Å²) >= 11 is 0. The fourth-order valence-electron chi connectivity index (χ4n) is 3.03. The third-order valence-corrected chi connectivity index (χ3v) is 4.57. The Morgan fingerprint density at radius 2 is 1.95 bits per heavy atom. The highest BCUT2D eigenvalue weighted by Gasteiger charge is 2.39. The van der Waals surface area contributed by atoms with Gasteiger partial charge in [0.15, 0.2) is 0 Å². The third kappa shape index (κ3) is 2.54. The molecule has 0 bridgehead atoms. The van der Waals surface area contributed by atoms with Gasteiger partial charge in [0, 0.05) is 7.11 Å². The Labute approximate surface area is 113 Å². The zero-order valence-corrected chi connectivity index (χ0v) is 11.6. The average molecular weight is 265 g/mol. The van der Waals surface area contributed by atoms with E-state index in [0.29, 0.717) is 17.6 Å². The highest BCUT2D eigenvalue weighted by Crippen LogP contribution is 2.41. The number of rotatable bonds is 4. The van der Waals surface area contributed by atoms with E-state index in [-0.39, 0.29) is 11.6 Å². The average Bonchev–Trinajstić information content (AvgIpc) is 3.21. The van der Waals surface area contributed by atoms with E-state index in [1.165, 1.54) is 25.7 Å². The van der Waals surface area contributed by atoms with Crippen LogP contribution in [0.15, 0.2) is 4.52 Å². The van der Waals surface area contributed by atoms with Crippen molar-refractivity contribution in [3.63, 3.8) is 0 Å². The zero-order chi connectivity index (χ0) is 13.3. The largest absolute Gasteiger partial charge is 0.370 e. The van der Waals surface area contributed by atoms with Crippen LogP contribution in [0.2, 0.25) is 0 Å². The van der Waals surface area contributed by atoms with Crippen molar-refractivity contribution in [3.05, 3.63) is 11.7 Å². The Hall–Kier alpha value is -0.940. The summed E-state index contributed by atoms with van der Waals surface area (Å²) < 4.78 is 11.2. The number of nitrogens with two attached hydrogens (primary N) is 1. The molecule has 2 aliphatic carbocycles. The van der Waals surface area contributed by atoms with E-state index in [2.05, 4.69) is 10.1 Å². The second-order valence-corrected chi connectivity index (χ2v) is 5.93. The summed E-state index contributed by atoms with van der Waals surface area (Å²) in [6.07, 6.45) is 9.14. The standard InChI is InChI=1S/C14H23N3O2/c1-18-14(8-4-2-3-5-9-14)13-16-12(19-17-13)11(15)10-6-7-10/h10-11H,2-9,15H2,1H3. The molecule has 2 saturated carbocycles. The van der Waals surface area contributed by atoms with Crippen molar-refractivity contribution < 1.29 is 9.26 Å². The van der Waals surface area contributed by atoms with Crippen molar-refractivity contribution in [1.82, 2.24) is 10.1 Å². The van der Waals surface area contributed by atoms with Crippen molar-refractivity contribution in [2.75, 3.05) is 7.11 Å². The molecule has 0 radical (unpaired) electrons. The SMILES string of the molecule is COC1(c2noc(C(N)C3CC3)n2)CCCCCC1. The normalized spacial score (nSPS) is 24.9. The predicted molar refractivity (Wildman–Crippen MR) is 70.3 cm³/mol. The predicted octanol–water partition coefficient (Wildman–Crippen LogP) is 2.68. The Kier molecular flexibility index (Phi) is 3.58. The molecule has 5 heteroatoms. The van der Waals surface area contributed by atoms with Gasteiger partial charge in [-0.2, -0.15) is 4.98 Å². The highest BCUT2D eigenvalue weighted by atomic mass is 16.5. The van der Waals surface area contributed by atoms with Gasteiger partial charge in [-0.25, -0.2) is 0 Å². The van der Waals surface area contributed by atoms with E-state index in [1.807, 2.05) is 0 Å². The summed E-state index contributed by atoms with van der Waals surface area (Å²) in [5.41, 5.74) is 5.76. The molecular formula is C14H23N3O2. The van der Waals surface area contributed by atoms with E-state index in [9.17, 15) is 0 Å². The number of nitrogens with zero attached hydrogens (tertiary/aromatic N) is 2. The topological polar surface area (TPSA) is 74.2 Å². The van der Waals surface area contributed by atoms with E-state index in [1.54, 1.807) is 7.11 Å². The van der Waals surface area contributed by atoms with Crippen LogP contribution < -0.4 is 5.73 Å². The van der Waals surface area contributed by atoms with Crippen molar-refractivity contribution >= 4 is 0 Å². The summed E-state index contributed by atoms with van der Waals surface area (Å²) in [6.45, 7) is 0. The Balaban J connectivity index is 1.82. The maximum Gasteiger partial charge on any atom is 0.243 e. The molecule has 0 saturated heterocycles. The van der Waals surface area contributed by atoms with Gasteiger partial charge in [-0.15, -0.1) is 0 Å². The fourth-order valence-corrected chi connectivity index (χ4v) is 3.03. The van der Waals surface area contributed by atoms with Crippen molar-refractivity contribution in [2.24, 2.45) is 11.7 Å². The third-order valence-electron chi connectivity index (χ3n) is 4.57. The minimum absolute atomic E-state index is 0.0964. The van der Waals surface area contributed by atoms with Gasteiger partial charge in [0.25, 0.3) is 0 Å². The van der Waals surface area contributed by atoms with Crippen molar-refractivity contribution in [1.29, 1.82) is 0 Å². The fraction of sp³-hybridized carbons (Fsp3) is 0.857. The molecule has 1 unspecified atom stereocenters. The Morgan fingerprint density at radius 1 is 1.26 bits per heavy atom. The van der Waals surface area contributed by atoms with Crippen molar-refractivity contribution in [2.45, 2.75) is 63.0 Å². The molecule has 106 valence electrons. The highest BCUT2D eigenvalue weighted by molar-refractivity contribution is 5.06. The number of hydrogen-bond acceptors (Lipinski definition) is 5. The van der Waals surface area contributed by atoms with Gasteiger partial charge in [-0.1, -0.05) is 30.8 Å². The van der Waals surface area contributed by atoms with Crippen LogP contribution in [0.1, 0.15) is 69.1 Å². The number of aromatic nitrogens is 2. The molecule has 3 rings (SSSR count). The smallest absolute Gasteiger partial charge is 0.243 e. The second kappa shape index (κ2) is 5.21. The number of ether oxygens (including phenoxy) is 1. The Morgan fingerprint density at radius 3 is 2.53 bits per heavy atom. The van der Waals surface area contributed by atoms with Crippen LogP contribution in [0.25, 0.3) is 0 Å². The van der Waals surface area contributed by atoms with Crippen LogP contribution in [0.4, 0.5) is 0 Å². The number of hydrogen-bond donors (Lipinski definition) is 1. The van der Waals surface area contributed by atoms with Gasteiger partial charge in [-0.05, 0) is 31.6 Å². The maximum atomic E-state index is 6.12. The number of methoxy groups -OCH3 is 1. The van der Waals surface area contributed by atoms with Crippen LogP contribution in [0.5, 0.6) is 0 Å². The lowest BCUT2D eigenvalue weighted by Crippen LogP contribution is -2.29. The monoisotopic (exact) mass is 265 g/mol. The molecule has 2 aliphatic rings. The maximum absolute atomic E-state index is 6.12. The summed E-state index contributed by atoms with van der Waals surface area (Å²) in [5, 5.41) is 4.16. The summed E-state index contributed by atoms with van der Waals surface area (Å²) in [7, 11) is 1.75. The van der Waals surface area contributed by atoms with Gasteiger partial charge < -0.3 is 15.0 Å². The van der Waals surface area contributed by atoms with E-state index in [0.717, 1.165) is 25.7 Å². The van der Waals surface area contributed by atoms with Crippen LogP contribution >= 0.6 is 0 Å². The molecule has 19 heavy (non-hydrogen) atoms. The summed E-state index contributed by atoms with van der Waals surface area (Å²) in [4.78, 5) is 4.55. The quantitative estimate of drug-likeness (QED) is 0.847. The first-order chi connectivity index (χ1) is 9.25. The van der Waals surface area contributed by atoms with Gasteiger partial charge in [0.1, 0.15) is 5.60 Å². The van der Waals surface area contributed by atoms with Crippen molar-refractivity contribution in [3.8, 4) is 0 Å². The van der Waals surface area contributed by atoms with Gasteiger partial charge >= 0.3 is 0 Å². The van der Waals surface area contributed by atoms with Crippen LogP contribution in [-0.2, 0) is 10.3 Å². The van der Waals surface area contributed by atoms with Gasteiger partial charge in [0.05, 0.1) is 6.04 Å². The first-order valence-corrected chi connectivity index (χ1v) is 7.40. The van der Waals surface area contributed by atoms with Crippen LogP contribution in [0, 0.1) is 5.92 Å². The molecule has 2 N–H and O–H groups in total. The lowest BCUT2D eigenvalue weighted by Gasteiger charge is -2.27. The summed E-state index contributed by atoms with van der Waals surface area (Å²) in [5.74, 6) is 1.81. The second-order valence-electron chi connectivity index (χ2n) is 5.93. The molecule has 1 aromatic rings. The molecular weight excluding hydrogens is 242 g/mol. The summed E-state index contributed by atoms with van der Waals surface area (Å²) in [6, 6.07) is -0.0964. The molecule has 2 fully saturated rings. The lowest BCUT2D eigenvalue weighted by atomic mass is 9.93. The Bertz CT molecular complexity index is 420.